The second-order valence-corrected chi connectivity index (χ2v) is 5.56. The maximum atomic E-state index is 9.15. The molecule has 3 rings (SSSR count). The number of aromatic amines is 1. The first-order valence-corrected chi connectivity index (χ1v) is 6.91. The van der Waals surface area contributed by atoms with Gasteiger partial charge in [-0.05, 0) is 42.8 Å². The van der Waals surface area contributed by atoms with E-state index in [0.29, 0.717) is 11.3 Å². The lowest BCUT2D eigenvalue weighted by Gasteiger charge is -2.01. The molecule has 0 unspecified atom stereocenters. The van der Waals surface area contributed by atoms with Crippen molar-refractivity contribution < 1.29 is 0 Å². The molecule has 1 heterocycles. The van der Waals surface area contributed by atoms with E-state index in [1.54, 1.807) is 12.1 Å². The number of aryl methyl sites for hydroxylation is 1. The number of nitrogens with zero attached hydrogens (tertiary/aromatic N) is 2. The van der Waals surface area contributed by atoms with E-state index in [4.69, 9.17) is 11.0 Å². The summed E-state index contributed by atoms with van der Waals surface area (Å²) >= 11 is 1.43. The minimum absolute atomic E-state index is 0.562. The second-order valence-electron chi connectivity index (χ2n) is 4.53. The number of nitrogen functional groups attached to an aromatic ring is 1. The number of rotatable bonds is 2. The number of aromatic nitrogens is 2. The van der Waals surface area contributed by atoms with Crippen molar-refractivity contribution in [1.82, 2.24) is 9.97 Å². The van der Waals surface area contributed by atoms with E-state index in [2.05, 4.69) is 22.1 Å². The quantitative estimate of drug-likeness (QED) is 0.704. The highest BCUT2D eigenvalue weighted by atomic mass is 32.2. The van der Waals surface area contributed by atoms with Gasteiger partial charge in [0.2, 0.25) is 0 Å². The summed E-state index contributed by atoms with van der Waals surface area (Å²) in [4.78, 5) is 8.62. The highest BCUT2D eigenvalue weighted by Crippen LogP contribution is 2.30. The summed E-state index contributed by atoms with van der Waals surface area (Å²) in [5.74, 6) is 0. The molecule has 0 aliphatic rings. The number of imidazole rings is 1. The number of anilines is 1. The number of H-pyrrole nitrogens is 1. The van der Waals surface area contributed by atoms with Crippen LogP contribution in [0.3, 0.4) is 0 Å². The van der Waals surface area contributed by atoms with Gasteiger partial charge >= 0.3 is 0 Å². The van der Waals surface area contributed by atoms with Crippen LogP contribution >= 0.6 is 11.8 Å². The standard InChI is InChI=1S/C15H12N4S/c1-9-2-4-12-13(6-9)19-15(18-12)20-14-5-3-11(17)7-10(14)8-16/h2-7H,17H2,1H3,(H,18,19). The van der Waals surface area contributed by atoms with Gasteiger partial charge in [-0.25, -0.2) is 4.98 Å². The van der Waals surface area contributed by atoms with Crippen molar-refractivity contribution in [2.45, 2.75) is 17.0 Å². The molecule has 0 aliphatic carbocycles. The Labute approximate surface area is 120 Å². The molecule has 0 bridgehead atoms. The van der Waals surface area contributed by atoms with Crippen LogP contribution in [0.5, 0.6) is 0 Å². The van der Waals surface area contributed by atoms with Gasteiger partial charge in [-0.3, -0.25) is 0 Å². The van der Waals surface area contributed by atoms with E-state index in [1.807, 2.05) is 25.1 Å². The van der Waals surface area contributed by atoms with Crippen LogP contribution in [0, 0.1) is 18.3 Å². The zero-order chi connectivity index (χ0) is 14.1. The zero-order valence-electron chi connectivity index (χ0n) is 10.8. The molecule has 0 spiro atoms. The van der Waals surface area contributed by atoms with E-state index < -0.39 is 0 Å². The van der Waals surface area contributed by atoms with Crippen LogP contribution in [-0.4, -0.2) is 9.97 Å². The number of fused-ring (bicyclic) bond motifs is 1. The normalized spacial score (nSPS) is 10.6. The predicted octanol–water partition coefficient (Wildman–Crippen LogP) is 3.48. The van der Waals surface area contributed by atoms with Crippen LogP contribution in [0.2, 0.25) is 0 Å². The average Bonchev–Trinajstić information content (AvgIpc) is 2.82. The van der Waals surface area contributed by atoms with Gasteiger partial charge in [0.15, 0.2) is 5.16 Å². The van der Waals surface area contributed by atoms with Crippen molar-refractivity contribution >= 4 is 28.5 Å². The van der Waals surface area contributed by atoms with Gasteiger partial charge < -0.3 is 10.7 Å². The molecule has 0 fully saturated rings. The molecule has 5 heteroatoms. The monoisotopic (exact) mass is 280 g/mol. The molecule has 3 aromatic rings. The summed E-state index contributed by atoms with van der Waals surface area (Å²) in [5, 5.41) is 9.92. The number of benzene rings is 2. The molecule has 0 aliphatic heterocycles. The summed E-state index contributed by atoms with van der Waals surface area (Å²) in [6, 6.07) is 13.5. The van der Waals surface area contributed by atoms with Crippen LogP contribution in [0.1, 0.15) is 11.1 Å². The Bertz CT molecular complexity index is 829. The molecule has 98 valence electrons. The smallest absolute Gasteiger partial charge is 0.171 e. The average molecular weight is 280 g/mol. The van der Waals surface area contributed by atoms with Crippen molar-refractivity contribution in [1.29, 1.82) is 5.26 Å². The molecule has 0 saturated heterocycles. The van der Waals surface area contributed by atoms with Crippen LogP contribution in [0.15, 0.2) is 46.5 Å². The van der Waals surface area contributed by atoms with E-state index in [1.165, 1.54) is 17.3 Å². The maximum Gasteiger partial charge on any atom is 0.171 e. The number of nitriles is 1. The first-order valence-electron chi connectivity index (χ1n) is 6.09. The molecule has 0 saturated carbocycles. The maximum absolute atomic E-state index is 9.15. The Kier molecular flexibility index (Phi) is 3.09. The van der Waals surface area contributed by atoms with Gasteiger partial charge in [0, 0.05) is 10.6 Å². The summed E-state index contributed by atoms with van der Waals surface area (Å²) in [5.41, 5.74) is 9.95. The summed E-state index contributed by atoms with van der Waals surface area (Å²) in [6.45, 7) is 2.04. The van der Waals surface area contributed by atoms with Gasteiger partial charge in [-0.15, -0.1) is 0 Å². The molecule has 0 radical (unpaired) electrons. The topological polar surface area (TPSA) is 78.5 Å². The highest BCUT2D eigenvalue weighted by Gasteiger charge is 2.08. The summed E-state index contributed by atoms with van der Waals surface area (Å²) in [6.07, 6.45) is 0. The van der Waals surface area contributed by atoms with Gasteiger partial charge in [0.05, 0.1) is 16.6 Å². The Morgan fingerprint density at radius 3 is 2.90 bits per heavy atom. The first kappa shape index (κ1) is 12.6. The Hall–Kier alpha value is -2.45. The third-order valence-electron chi connectivity index (χ3n) is 2.95. The van der Waals surface area contributed by atoms with Gasteiger partial charge in [0.25, 0.3) is 0 Å². The Morgan fingerprint density at radius 2 is 2.10 bits per heavy atom. The van der Waals surface area contributed by atoms with Gasteiger partial charge in [-0.1, -0.05) is 17.8 Å². The summed E-state index contributed by atoms with van der Waals surface area (Å²) in [7, 11) is 0. The van der Waals surface area contributed by atoms with Crippen molar-refractivity contribution in [3.05, 3.63) is 47.5 Å². The first-order chi connectivity index (χ1) is 9.65. The fraction of sp³-hybridized carbons (Fsp3) is 0.0667. The lowest BCUT2D eigenvalue weighted by atomic mass is 10.2. The second kappa shape index (κ2) is 4.91. The van der Waals surface area contributed by atoms with Gasteiger partial charge in [0.1, 0.15) is 6.07 Å². The number of nitrogens with two attached hydrogens (primary N) is 1. The fourth-order valence-corrected chi connectivity index (χ4v) is 2.84. The van der Waals surface area contributed by atoms with Crippen LogP contribution in [-0.2, 0) is 0 Å². The predicted molar refractivity (Wildman–Crippen MR) is 80.5 cm³/mol. The van der Waals surface area contributed by atoms with Crippen molar-refractivity contribution in [3.8, 4) is 6.07 Å². The van der Waals surface area contributed by atoms with Crippen molar-refractivity contribution in [3.63, 3.8) is 0 Å². The molecule has 20 heavy (non-hydrogen) atoms. The van der Waals surface area contributed by atoms with Crippen LogP contribution in [0.4, 0.5) is 5.69 Å². The molecular formula is C15H12N4S. The van der Waals surface area contributed by atoms with Gasteiger partial charge in [-0.2, -0.15) is 5.26 Å². The molecule has 3 N–H and O–H groups in total. The Morgan fingerprint density at radius 1 is 1.25 bits per heavy atom. The minimum Gasteiger partial charge on any atom is -0.399 e. The number of hydrogen-bond acceptors (Lipinski definition) is 4. The fourth-order valence-electron chi connectivity index (χ4n) is 1.98. The SMILES string of the molecule is Cc1ccc2nc(Sc3ccc(N)cc3C#N)[nH]c2c1. The Balaban J connectivity index is 1.99. The largest absolute Gasteiger partial charge is 0.399 e. The molecular weight excluding hydrogens is 268 g/mol. The lowest BCUT2D eigenvalue weighted by molar-refractivity contribution is 1.08. The van der Waals surface area contributed by atoms with Crippen molar-refractivity contribution in [2.75, 3.05) is 5.73 Å². The van der Waals surface area contributed by atoms with E-state index in [0.717, 1.165) is 21.1 Å². The van der Waals surface area contributed by atoms with E-state index >= 15 is 0 Å². The van der Waals surface area contributed by atoms with Crippen LogP contribution < -0.4 is 5.73 Å². The number of nitrogens with one attached hydrogen (secondary N) is 1. The van der Waals surface area contributed by atoms with E-state index in [-0.39, 0.29) is 0 Å². The lowest BCUT2D eigenvalue weighted by Crippen LogP contribution is -1.88. The molecule has 0 atom stereocenters. The molecule has 1 aromatic heterocycles. The zero-order valence-corrected chi connectivity index (χ0v) is 11.7. The van der Waals surface area contributed by atoms with E-state index in [9.17, 15) is 0 Å². The van der Waals surface area contributed by atoms with Crippen molar-refractivity contribution in [2.24, 2.45) is 0 Å². The third kappa shape index (κ3) is 2.33. The number of hydrogen-bond donors (Lipinski definition) is 2. The molecule has 0 amide bonds. The summed E-state index contributed by atoms with van der Waals surface area (Å²) < 4.78 is 0. The third-order valence-corrected chi connectivity index (χ3v) is 3.91. The molecule has 2 aromatic carbocycles. The van der Waals surface area contributed by atoms with Crippen LogP contribution in [0.25, 0.3) is 11.0 Å². The molecule has 4 nitrogen and oxygen atoms in total. The highest BCUT2D eigenvalue weighted by molar-refractivity contribution is 7.99. The minimum atomic E-state index is 0.562.